The molecule has 4 heterocycles. The summed E-state index contributed by atoms with van der Waals surface area (Å²) in [7, 11) is 3.41. The Hall–Kier alpha value is -4.58. The van der Waals surface area contributed by atoms with Crippen LogP contribution in [0.5, 0.6) is 23.0 Å². The number of thioether (sulfide) groups is 1. The number of ether oxygens (including phenoxy) is 3. The summed E-state index contributed by atoms with van der Waals surface area (Å²) >= 11 is 1.35. The lowest BCUT2D eigenvalue weighted by Crippen LogP contribution is -2.41. The minimum Gasteiger partial charge on any atom is -0.493 e. The molecule has 0 saturated heterocycles. The average Bonchev–Trinajstić information content (AvgIpc) is 3.43. The normalized spacial score (nSPS) is 16.4. The van der Waals surface area contributed by atoms with Crippen molar-refractivity contribution in [3.8, 4) is 23.0 Å². The number of fused-ring (bicyclic) bond motifs is 6. The maximum Gasteiger partial charge on any atom is 0.254 e. The van der Waals surface area contributed by atoms with E-state index in [0.29, 0.717) is 47.5 Å². The number of aryl methyl sites for hydroxylation is 1. The van der Waals surface area contributed by atoms with Gasteiger partial charge in [0, 0.05) is 20.1 Å². The number of methoxy groups -OCH3 is 1. The lowest BCUT2D eigenvalue weighted by molar-refractivity contribution is -0.130. The molecule has 0 fully saturated rings. The third-order valence-corrected chi connectivity index (χ3v) is 8.46. The molecule has 0 saturated carbocycles. The number of aromatic nitrogens is 3. The molecule has 4 aromatic rings. The van der Waals surface area contributed by atoms with E-state index < -0.39 is 11.7 Å². The summed E-state index contributed by atoms with van der Waals surface area (Å²) in [6.07, 6.45) is 2.70. The van der Waals surface area contributed by atoms with E-state index in [4.69, 9.17) is 14.2 Å². The molecule has 3 aromatic carbocycles. The van der Waals surface area contributed by atoms with Crippen molar-refractivity contribution < 1.29 is 28.2 Å². The molecular weight excluding hydrogens is 573 g/mol. The fourth-order valence-electron chi connectivity index (χ4n) is 5.31. The number of hydrogen-bond acceptors (Lipinski definition) is 8. The highest BCUT2D eigenvalue weighted by Gasteiger charge is 2.33. The van der Waals surface area contributed by atoms with E-state index in [-0.39, 0.29) is 36.4 Å². The quantitative estimate of drug-likeness (QED) is 0.339. The third-order valence-electron chi connectivity index (χ3n) is 7.44. The molecule has 2 amide bonds. The van der Waals surface area contributed by atoms with E-state index in [1.54, 1.807) is 18.0 Å². The molecule has 3 aliphatic rings. The van der Waals surface area contributed by atoms with Crippen molar-refractivity contribution in [1.82, 2.24) is 25.0 Å². The summed E-state index contributed by atoms with van der Waals surface area (Å²) < 4.78 is 34.0. The number of carbonyl (C=O) groups excluding carboxylic acids is 2. The van der Waals surface area contributed by atoms with Crippen LogP contribution >= 0.6 is 11.8 Å². The Kier molecular flexibility index (Phi) is 8.19. The first-order valence-corrected chi connectivity index (χ1v) is 14.9. The Morgan fingerprint density at radius 3 is 2.81 bits per heavy atom. The summed E-state index contributed by atoms with van der Waals surface area (Å²) in [6.45, 7) is 1.05. The van der Waals surface area contributed by atoms with Gasteiger partial charge in [-0.15, -0.1) is 10.2 Å². The minimum atomic E-state index is -0.632. The van der Waals surface area contributed by atoms with Gasteiger partial charge in [0.25, 0.3) is 5.91 Å². The van der Waals surface area contributed by atoms with Crippen LogP contribution in [0, 0.1) is 5.82 Å². The molecule has 1 N–H and O–H groups in total. The van der Waals surface area contributed by atoms with E-state index in [1.165, 1.54) is 30.0 Å². The van der Waals surface area contributed by atoms with Gasteiger partial charge >= 0.3 is 0 Å². The Morgan fingerprint density at radius 2 is 2.00 bits per heavy atom. The molecule has 12 heteroatoms. The van der Waals surface area contributed by atoms with E-state index in [1.807, 2.05) is 48.3 Å². The van der Waals surface area contributed by atoms with Gasteiger partial charge in [-0.05, 0) is 72.0 Å². The fourth-order valence-corrected chi connectivity index (χ4v) is 6.09. The van der Waals surface area contributed by atoms with Gasteiger partial charge in [-0.2, -0.15) is 0 Å². The molecule has 43 heavy (non-hydrogen) atoms. The molecule has 8 bridgehead atoms. The molecule has 0 aliphatic carbocycles. The van der Waals surface area contributed by atoms with Crippen LogP contribution in [0.2, 0.25) is 0 Å². The van der Waals surface area contributed by atoms with E-state index in [2.05, 4.69) is 15.5 Å². The second-order valence-corrected chi connectivity index (χ2v) is 11.2. The smallest absolute Gasteiger partial charge is 0.254 e. The van der Waals surface area contributed by atoms with Gasteiger partial charge in [0.2, 0.25) is 5.91 Å². The number of amides is 2. The first kappa shape index (κ1) is 28.5. The summed E-state index contributed by atoms with van der Waals surface area (Å²) in [5, 5.41) is 11.4. The molecule has 222 valence electrons. The van der Waals surface area contributed by atoms with Crippen molar-refractivity contribution in [2.45, 2.75) is 24.0 Å². The maximum atomic E-state index is 14.5. The zero-order valence-electron chi connectivity index (χ0n) is 23.7. The minimum absolute atomic E-state index is 0.0287. The molecule has 1 atom stereocenters. The van der Waals surface area contributed by atoms with E-state index in [0.717, 1.165) is 16.7 Å². The first-order valence-electron chi connectivity index (χ1n) is 13.9. The van der Waals surface area contributed by atoms with Crippen molar-refractivity contribution in [1.29, 1.82) is 0 Å². The maximum absolute atomic E-state index is 14.5. The number of carbonyl (C=O) groups is 2. The lowest BCUT2D eigenvalue weighted by Gasteiger charge is -2.38. The second kappa shape index (κ2) is 12.3. The van der Waals surface area contributed by atoms with Gasteiger partial charge in [-0.1, -0.05) is 23.9 Å². The van der Waals surface area contributed by atoms with Crippen molar-refractivity contribution in [3.05, 3.63) is 89.0 Å². The summed E-state index contributed by atoms with van der Waals surface area (Å²) in [4.78, 5) is 28.3. The summed E-state index contributed by atoms with van der Waals surface area (Å²) in [5.41, 5.74) is 2.76. The number of hydrogen-bond donors (Lipinski definition) is 1. The van der Waals surface area contributed by atoms with Crippen LogP contribution in [0.3, 0.4) is 0 Å². The predicted molar refractivity (Wildman–Crippen MR) is 157 cm³/mol. The SMILES string of the molecule is COc1ccc2cc1OCCCNC(=O)c1cc(ccc1F)Oc1ccc3c(c1)CCN(C(=O)CSc1nncn1C)C23. The Balaban J connectivity index is 1.39. The van der Waals surface area contributed by atoms with Gasteiger partial charge in [0.15, 0.2) is 16.7 Å². The summed E-state index contributed by atoms with van der Waals surface area (Å²) in [5.74, 6) is 0.993. The van der Waals surface area contributed by atoms with Gasteiger partial charge in [-0.3, -0.25) is 9.59 Å². The Morgan fingerprint density at radius 1 is 1.16 bits per heavy atom. The largest absolute Gasteiger partial charge is 0.493 e. The zero-order chi connectivity index (χ0) is 29.9. The monoisotopic (exact) mass is 603 g/mol. The molecule has 0 spiro atoms. The lowest BCUT2D eigenvalue weighted by atomic mass is 9.87. The highest BCUT2D eigenvalue weighted by atomic mass is 32.2. The molecular formula is C31H30FN5O5S. The van der Waals surface area contributed by atoms with E-state index >= 15 is 0 Å². The van der Waals surface area contributed by atoms with Gasteiger partial charge in [-0.25, -0.2) is 4.39 Å². The van der Waals surface area contributed by atoms with Gasteiger partial charge in [0.05, 0.1) is 31.1 Å². The standard InChI is InChI=1S/C31H30FN5O5S/c1-36-18-34-35-31(36)43-17-28(38)37-12-10-19-14-21-5-7-23(19)29(37)20-4-9-26(40-2)27(15-20)41-13-3-11-33-30(39)24-16-22(42-21)6-8-25(24)32/h4-9,14-16,18,29H,3,10-13,17H2,1-2H3,(H,33,39). The molecule has 3 aliphatic heterocycles. The number of rotatable bonds is 4. The second-order valence-electron chi connectivity index (χ2n) is 10.2. The highest BCUT2D eigenvalue weighted by Crippen LogP contribution is 2.41. The van der Waals surface area contributed by atoms with Crippen LogP contribution in [0.15, 0.2) is 66.1 Å². The summed E-state index contributed by atoms with van der Waals surface area (Å²) in [6, 6.07) is 15.1. The van der Waals surface area contributed by atoms with Gasteiger partial charge in [0.1, 0.15) is 23.6 Å². The number of nitrogens with one attached hydrogen (secondary N) is 1. The zero-order valence-corrected chi connectivity index (χ0v) is 24.5. The fraction of sp³-hybridized carbons (Fsp3) is 0.290. The number of halogens is 1. The molecule has 0 radical (unpaired) electrons. The van der Waals surface area contributed by atoms with Gasteiger partial charge < -0.3 is 29.0 Å². The van der Waals surface area contributed by atoms with Crippen LogP contribution < -0.4 is 19.5 Å². The molecule has 1 unspecified atom stereocenters. The molecule has 7 rings (SSSR count). The van der Waals surface area contributed by atoms with Crippen LogP contribution in [0.1, 0.15) is 39.5 Å². The Bertz CT molecular complexity index is 1680. The molecule has 1 aromatic heterocycles. The molecule has 10 nitrogen and oxygen atoms in total. The first-order chi connectivity index (χ1) is 20.9. The predicted octanol–water partition coefficient (Wildman–Crippen LogP) is 4.53. The van der Waals surface area contributed by atoms with Crippen molar-refractivity contribution >= 4 is 23.6 Å². The van der Waals surface area contributed by atoms with Crippen molar-refractivity contribution in [2.75, 3.05) is 32.6 Å². The Labute approximate surface area is 252 Å². The highest BCUT2D eigenvalue weighted by molar-refractivity contribution is 7.99. The van der Waals surface area contributed by atoms with Crippen LogP contribution in [0.25, 0.3) is 0 Å². The third kappa shape index (κ3) is 6.00. The number of benzene rings is 3. The topological polar surface area (TPSA) is 108 Å². The number of nitrogens with zero attached hydrogens (tertiary/aromatic N) is 4. The van der Waals surface area contributed by atoms with E-state index in [9.17, 15) is 14.0 Å². The van der Waals surface area contributed by atoms with Crippen LogP contribution in [-0.4, -0.2) is 64.0 Å². The van der Waals surface area contributed by atoms with Crippen molar-refractivity contribution in [2.24, 2.45) is 7.05 Å². The average molecular weight is 604 g/mol. The van der Waals surface area contributed by atoms with Crippen LogP contribution in [0.4, 0.5) is 4.39 Å². The van der Waals surface area contributed by atoms with Crippen molar-refractivity contribution in [3.63, 3.8) is 0 Å². The van der Waals surface area contributed by atoms with Crippen LogP contribution in [-0.2, 0) is 18.3 Å².